The zero-order chi connectivity index (χ0) is 25.7. The molecule has 8 nitrogen and oxygen atoms in total. The van der Waals surface area contributed by atoms with Crippen molar-refractivity contribution < 1.29 is 9.59 Å². The smallest absolute Gasteiger partial charge is 0.291 e. The summed E-state index contributed by atoms with van der Waals surface area (Å²) in [6.45, 7) is 3.75. The first-order chi connectivity index (χ1) is 17.9. The quantitative estimate of drug-likeness (QED) is 0.403. The number of para-hydroxylation sites is 1. The maximum Gasteiger partial charge on any atom is 0.291 e. The molecule has 9 heteroatoms. The number of nitrogens with one attached hydrogen (secondary N) is 1. The Labute approximate surface area is 215 Å². The molecular formula is C28H21N5O3S. The van der Waals surface area contributed by atoms with Gasteiger partial charge in [0.2, 0.25) is 10.9 Å². The summed E-state index contributed by atoms with van der Waals surface area (Å²) >= 11 is 1.12. The van der Waals surface area contributed by atoms with E-state index in [1.54, 1.807) is 30.3 Å². The Morgan fingerprint density at radius 3 is 2.49 bits per heavy atom. The summed E-state index contributed by atoms with van der Waals surface area (Å²) in [6, 6.07) is 22.4. The third-order valence-corrected chi connectivity index (χ3v) is 7.25. The topological polar surface area (TPSA) is 96.7 Å². The van der Waals surface area contributed by atoms with E-state index in [1.807, 2.05) is 56.3 Å². The number of carbonyl (C=O) groups is 2. The lowest BCUT2D eigenvalue weighted by Gasteiger charge is -2.16. The summed E-state index contributed by atoms with van der Waals surface area (Å²) in [5.74, 6) is -0.281. The van der Waals surface area contributed by atoms with E-state index in [-0.39, 0.29) is 22.6 Å². The zero-order valence-corrected chi connectivity index (χ0v) is 20.9. The minimum Gasteiger partial charge on any atom is -0.325 e. The van der Waals surface area contributed by atoms with Crippen LogP contribution in [0.15, 0.2) is 77.6 Å². The third kappa shape index (κ3) is 3.99. The number of hydrogen-bond donors (Lipinski definition) is 1. The van der Waals surface area contributed by atoms with Gasteiger partial charge in [-0.2, -0.15) is 9.50 Å². The number of aromatic nitrogens is 3. The Balaban J connectivity index is 1.38. The molecule has 0 aliphatic carbocycles. The first kappa shape index (κ1) is 22.8. The first-order valence-corrected chi connectivity index (χ1v) is 12.5. The Morgan fingerprint density at radius 1 is 0.946 bits per heavy atom. The van der Waals surface area contributed by atoms with Crippen LogP contribution in [-0.4, -0.2) is 33.0 Å². The predicted octanol–water partition coefficient (Wildman–Crippen LogP) is 3.34. The van der Waals surface area contributed by atoms with E-state index in [2.05, 4.69) is 15.4 Å². The molecule has 1 aliphatic heterocycles. The van der Waals surface area contributed by atoms with Gasteiger partial charge in [-0.15, -0.1) is 5.10 Å². The van der Waals surface area contributed by atoms with Crippen molar-refractivity contribution in [1.82, 2.24) is 14.6 Å². The number of rotatable bonds is 4. The van der Waals surface area contributed by atoms with Crippen LogP contribution in [0, 0.1) is 13.8 Å². The summed E-state index contributed by atoms with van der Waals surface area (Å²) in [7, 11) is 0. The number of nitrogens with zero attached hydrogens (tertiary/aromatic N) is 4. The van der Waals surface area contributed by atoms with Crippen LogP contribution >= 0.6 is 11.3 Å². The number of fused-ring (bicyclic) bond motifs is 2. The molecule has 0 radical (unpaired) electrons. The lowest BCUT2D eigenvalue weighted by Crippen LogP contribution is -2.37. The molecule has 2 aromatic heterocycles. The number of carbonyl (C=O) groups excluding carboxylic acids is 2. The molecule has 0 fully saturated rings. The van der Waals surface area contributed by atoms with Crippen LogP contribution < -0.4 is 20.3 Å². The fourth-order valence-corrected chi connectivity index (χ4v) is 5.43. The Bertz CT molecular complexity index is 1820. The average molecular weight is 508 g/mol. The van der Waals surface area contributed by atoms with Crippen molar-refractivity contribution >= 4 is 45.1 Å². The van der Waals surface area contributed by atoms with Gasteiger partial charge < -0.3 is 5.32 Å². The molecule has 0 saturated heterocycles. The van der Waals surface area contributed by atoms with E-state index in [4.69, 9.17) is 0 Å². The Morgan fingerprint density at radius 2 is 1.73 bits per heavy atom. The number of amides is 2. The summed E-state index contributed by atoms with van der Waals surface area (Å²) < 4.78 is 1.50. The van der Waals surface area contributed by atoms with Crippen molar-refractivity contribution in [3.8, 4) is 11.4 Å². The Kier molecular flexibility index (Phi) is 5.42. The van der Waals surface area contributed by atoms with E-state index < -0.39 is 11.5 Å². The van der Waals surface area contributed by atoms with Crippen molar-refractivity contribution in [2.45, 2.75) is 13.8 Å². The normalized spacial score (nSPS) is 14.3. The average Bonchev–Trinajstić information content (AvgIpc) is 3.51. The minimum atomic E-state index is -0.407. The van der Waals surface area contributed by atoms with Gasteiger partial charge in [-0.3, -0.25) is 19.3 Å². The van der Waals surface area contributed by atoms with Crippen molar-refractivity contribution in [2.24, 2.45) is 0 Å². The molecule has 2 amide bonds. The van der Waals surface area contributed by atoms with Crippen molar-refractivity contribution in [1.29, 1.82) is 0 Å². The maximum atomic E-state index is 13.6. The Hall–Kier alpha value is -4.63. The monoisotopic (exact) mass is 507 g/mol. The molecule has 6 rings (SSSR count). The van der Waals surface area contributed by atoms with E-state index in [0.29, 0.717) is 27.7 Å². The first-order valence-electron chi connectivity index (χ1n) is 11.7. The molecule has 182 valence electrons. The minimum absolute atomic E-state index is 0.181. The van der Waals surface area contributed by atoms with Gasteiger partial charge in [-0.1, -0.05) is 71.5 Å². The van der Waals surface area contributed by atoms with Crippen LogP contribution in [0.4, 0.5) is 11.4 Å². The molecule has 0 unspecified atom stereocenters. The molecule has 0 bridgehead atoms. The highest BCUT2D eigenvalue weighted by atomic mass is 32.1. The summed E-state index contributed by atoms with van der Waals surface area (Å²) in [5.41, 5.74) is 4.64. The van der Waals surface area contributed by atoms with Gasteiger partial charge in [-0.05, 0) is 37.6 Å². The largest absolute Gasteiger partial charge is 0.325 e. The van der Waals surface area contributed by atoms with E-state index in [1.165, 1.54) is 9.42 Å². The highest BCUT2D eigenvalue weighted by molar-refractivity contribution is 7.15. The molecule has 1 N–H and O–H groups in total. The van der Waals surface area contributed by atoms with Gasteiger partial charge in [-0.25, -0.2) is 0 Å². The molecule has 3 aromatic carbocycles. The highest BCUT2D eigenvalue weighted by Gasteiger charge is 2.35. The molecule has 0 saturated carbocycles. The van der Waals surface area contributed by atoms with Crippen LogP contribution in [0.3, 0.4) is 0 Å². The van der Waals surface area contributed by atoms with Crippen LogP contribution in [0.2, 0.25) is 0 Å². The van der Waals surface area contributed by atoms with Gasteiger partial charge in [0, 0.05) is 16.8 Å². The second-order valence-corrected chi connectivity index (χ2v) is 9.91. The second kappa shape index (κ2) is 8.79. The fourth-order valence-electron chi connectivity index (χ4n) is 4.43. The molecule has 5 aromatic rings. The number of hydrogen-bond acceptors (Lipinski definition) is 6. The lowest BCUT2D eigenvalue weighted by atomic mass is 10.1. The molecule has 3 heterocycles. The SMILES string of the molecule is Cc1ccc(-c2nc3sc(=C4C(=O)N(CC(=O)Nc5cccc(C)c5)c5ccccc54)c(=O)n3n2)cc1. The van der Waals surface area contributed by atoms with Gasteiger partial charge in [0.25, 0.3) is 11.5 Å². The third-order valence-electron chi connectivity index (χ3n) is 6.22. The summed E-state index contributed by atoms with van der Waals surface area (Å²) in [6.07, 6.45) is 0. The number of thiazole rings is 1. The van der Waals surface area contributed by atoms with Crippen LogP contribution in [0.1, 0.15) is 16.7 Å². The number of anilines is 2. The number of benzene rings is 3. The molecule has 0 spiro atoms. The summed E-state index contributed by atoms with van der Waals surface area (Å²) in [5, 5.41) is 7.25. The lowest BCUT2D eigenvalue weighted by molar-refractivity contribution is -0.118. The van der Waals surface area contributed by atoms with Gasteiger partial charge in [0.15, 0.2) is 5.82 Å². The van der Waals surface area contributed by atoms with Crippen molar-refractivity contribution in [2.75, 3.05) is 16.8 Å². The molecule has 0 atom stereocenters. The van der Waals surface area contributed by atoms with E-state index in [0.717, 1.165) is 28.0 Å². The molecule has 1 aliphatic rings. The van der Waals surface area contributed by atoms with Gasteiger partial charge in [0.05, 0.1) is 11.3 Å². The molecule has 37 heavy (non-hydrogen) atoms. The highest BCUT2D eigenvalue weighted by Crippen LogP contribution is 2.35. The predicted molar refractivity (Wildman–Crippen MR) is 144 cm³/mol. The van der Waals surface area contributed by atoms with Gasteiger partial charge in [0.1, 0.15) is 11.1 Å². The van der Waals surface area contributed by atoms with Crippen LogP contribution in [0.5, 0.6) is 0 Å². The van der Waals surface area contributed by atoms with Crippen molar-refractivity contribution in [3.05, 3.63) is 104 Å². The molecular weight excluding hydrogens is 486 g/mol. The second-order valence-electron chi connectivity index (χ2n) is 8.93. The van der Waals surface area contributed by atoms with Crippen LogP contribution in [0.25, 0.3) is 21.9 Å². The number of aryl methyl sites for hydroxylation is 2. The zero-order valence-electron chi connectivity index (χ0n) is 20.1. The van der Waals surface area contributed by atoms with E-state index in [9.17, 15) is 14.4 Å². The van der Waals surface area contributed by atoms with Crippen LogP contribution in [-0.2, 0) is 9.59 Å². The van der Waals surface area contributed by atoms with Crippen molar-refractivity contribution in [3.63, 3.8) is 0 Å². The maximum absolute atomic E-state index is 13.6. The van der Waals surface area contributed by atoms with Gasteiger partial charge >= 0.3 is 0 Å². The fraction of sp³-hybridized carbons (Fsp3) is 0.107. The summed E-state index contributed by atoms with van der Waals surface area (Å²) in [4.78, 5) is 46.2. The standard InChI is InChI=1S/C28H21N5O3S/c1-16-10-12-18(13-11-16)25-30-28-33(31-25)27(36)24(37-28)23-20-8-3-4-9-21(20)32(26(23)35)15-22(34)29-19-7-5-6-17(2)14-19/h3-14H,15H2,1-2H3,(H,29,34). The van der Waals surface area contributed by atoms with E-state index >= 15 is 0 Å².